The Labute approximate surface area is 146 Å². The summed E-state index contributed by atoms with van der Waals surface area (Å²) >= 11 is 0. The first-order valence-corrected chi connectivity index (χ1v) is 8.51. The van der Waals surface area contributed by atoms with E-state index in [0.29, 0.717) is 5.56 Å². The molecule has 2 aromatic rings. The summed E-state index contributed by atoms with van der Waals surface area (Å²) in [6.45, 7) is 1.20. The summed E-state index contributed by atoms with van der Waals surface area (Å²) in [5.74, 6) is -4.71. The average molecular weight is 390 g/mol. The standard InChI is InChI=1S/C16H13F3O6S/c1-9(15(21)22)13-11(10-5-3-2-4-6-10)7-8-12(14(13)20)25-26(23,24)16(17,18)19/h2-9,20H,1H3,(H,21,22). The first-order valence-electron chi connectivity index (χ1n) is 7.10. The molecule has 1 atom stereocenters. The SMILES string of the molecule is CC(C(=O)O)c1c(-c2ccccc2)ccc(OS(=O)(=O)C(F)(F)F)c1O. The van der Waals surface area contributed by atoms with E-state index in [-0.39, 0.29) is 11.1 Å². The highest BCUT2D eigenvalue weighted by Crippen LogP contribution is 2.43. The van der Waals surface area contributed by atoms with Crippen LogP contribution < -0.4 is 4.18 Å². The van der Waals surface area contributed by atoms with Gasteiger partial charge in [-0.15, -0.1) is 0 Å². The number of hydrogen-bond donors (Lipinski definition) is 2. The maximum Gasteiger partial charge on any atom is 0.534 e. The van der Waals surface area contributed by atoms with Gasteiger partial charge in [0.25, 0.3) is 0 Å². The van der Waals surface area contributed by atoms with Crippen molar-refractivity contribution in [1.29, 1.82) is 0 Å². The van der Waals surface area contributed by atoms with E-state index >= 15 is 0 Å². The van der Waals surface area contributed by atoms with Gasteiger partial charge >= 0.3 is 21.6 Å². The monoisotopic (exact) mass is 390 g/mol. The van der Waals surface area contributed by atoms with Gasteiger partial charge < -0.3 is 14.4 Å². The van der Waals surface area contributed by atoms with Crippen LogP contribution in [0.4, 0.5) is 13.2 Å². The van der Waals surface area contributed by atoms with E-state index in [1.165, 1.54) is 13.0 Å². The number of aliphatic carboxylic acids is 1. The molecule has 0 aromatic heterocycles. The molecule has 0 fully saturated rings. The van der Waals surface area contributed by atoms with Gasteiger partial charge in [-0.2, -0.15) is 21.6 Å². The van der Waals surface area contributed by atoms with Gasteiger partial charge in [0, 0.05) is 5.56 Å². The normalized spacial score (nSPS) is 13.2. The minimum atomic E-state index is -6.02. The molecule has 0 aliphatic carbocycles. The molecule has 140 valence electrons. The second-order valence-electron chi connectivity index (χ2n) is 5.28. The largest absolute Gasteiger partial charge is 0.534 e. The number of carboxylic acid groups (broad SMARTS) is 1. The van der Waals surface area contributed by atoms with Gasteiger partial charge in [-0.1, -0.05) is 36.4 Å². The van der Waals surface area contributed by atoms with Crippen LogP contribution in [0.2, 0.25) is 0 Å². The Morgan fingerprint density at radius 2 is 1.69 bits per heavy atom. The predicted octanol–water partition coefficient (Wildman–Crippen LogP) is 3.48. The van der Waals surface area contributed by atoms with Crippen molar-refractivity contribution in [1.82, 2.24) is 0 Å². The fraction of sp³-hybridized carbons (Fsp3) is 0.188. The summed E-state index contributed by atoms with van der Waals surface area (Å²) in [5, 5.41) is 19.5. The van der Waals surface area contributed by atoms with E-state index in [9.17, 15) is 36.6 Å². The molecule has 26 heavy (non-hydrogen) atoms. The molecule has 0 amide bonds. The molecule has 0 aliphatic heterocycles. The van der Waals surface area contributed by atoms with Crippen LogP contribution in [0.1, 0.15) is 18.4 Å². The third-order valence-corrected chi connectivity index (χ3v) is 4.52. The average Bonchev–Trinajstić information content (AvgIpc) is 2.55. The molecule has 0 spiro atoms. The minimum Gasteiger partial charge on any atom is -0.504 e. The van der Waals surface area contributed by atoms with Crippen LogP contribution in [0.5, 0.6) is 11.5 Å². The fourth-order valence-electron chi connectivity index (χ4n) is 2.25. The Morgan fingerprint density at radius 3 is 2.19 bits per heavy atom. The molecule has 6 nitrogen and oxygen atoms in total. The molecule has 2 N–H and O–H groups in total. The second kappa shape index (κ2) is 6.87. The molecule has 2 rings (SSSR count). The van der Waals surface area contributed by atoms with E-state index in [1.807, 2.05) is 0 Å². The van der Waals surface area contributed by atoms with Gasteiger partial charge in [0.1, 0.15) is 0 Å². The first kappa shape index (κ1) is 19.6. The molecule has 0 saturated heterocycles. The topological polar surface area (TPSA) is 101 Å². The lowest BCUT2D eigenvalue weighted by Gasteiger charge is -2.18. The molecule has 0 radical (unpaired) electrons. The fourth-order valence-corrected chi connectivity index (χ4v) is 2.72. The van der Waals surface area contributed by atoms with Crippen molar-refractivity contribution in [2.24, 2.45) is 0 Å². The summed E-state index contributed by atoms with van der Waals surface area (Å²) in [5.41, 5.74) is -5.26. The number of benzene rings is 2. The van der Waals surface area contributed by atoms with Crippen LogP contribution >= 0.6 is 0 Å². The molecule has 2 aromatic carbocycles. The van der Waals surface area contributed by atoms with Crippen molar-refractivity contribution >= 4 is 16.1 Å². The zero-order valence-corrected chi connectivity index (χ0v) is 14.0. The van der Waals surface area contributed by atoms with E-state index in [0.717, 1.165) is 6.07 Å². The lowest BCUT2D eigenvalue weighted by Crippen LogP contribution is -2.28. The number of phenolic OH excluding ortho intramolecular Hbond substituents is 1. The van der Waals surface area contributed by atoms with Gasteiger partial charge in [-0.05, 0) is 24.1 Å². The Balaban J connectivity index is 2.66. The van der Waals surface area contributed by atoms with E-state index in [2.05, 4.69) is 4.18 Å². The van der Waals surface area contributed by atoms with Crippen molar-refractivity contribution in [3.8, 4) is 22.6 Å². The summed E-state index contributed by atoms with van der Waals surface area (Å²) in [7, 11) is -6.02. The molecule has 0 saturated carbocycles. The highest BCUT2D eigenvalue weighted by molar-refractivity contribution is 7.88. The number of carboxylic acids is 1. The lowest BCUT2D eigenvalue weighted by molar-refractivity contribution is -0.138. The number of phenols is 1. The third kappa shape index (κ3) is 3.74. The molecular weight excluding hydrogens is 377 g/mol. The van der Waals surface area contributed by atoms with Crippen LogP contribution in [0.3, 0.4) is 0 Å². The molecule has 10 heteroatoms. The third-order valence-electron chi connectivity index (χ3n) is 3.55. The Bertz CT molecular complexity index is 923. The van der Waals surface area contributed by atoms with Crippen LogP contribution in [0.15, 0.2) is 42.5 Å². The predicted molar refractivity (Wildman–Crippen MR) is 85.2 cm³/mol. The maximum absolute atomic E-state index is 12.5. The number of alkyl halides is 3. The molecule has 1 unspecified atom stereocenters. The van der Waals surface area contributed by atoms with E-state index in [4.69, 9.17) is 0 Å². The van der Waals surface area contributed by atoms with Crippen molar-refractivity contribution in [2.45, 2.75) is 18.3 Å². The number of halogens is 3. The maximum atomic E-state index is 12.5. The molecule has 0 heterocycles. The zero-order chi connectivity index (χ0) is 19.7. The van der Waals surface area contributed by atoms with E-state index in [1.54, 1.807) is 30.3 Å². The van der Waals surface area contributed by atoms with Crippen molar-refractivity contribution in [3.63, 3.8) is 0 Å². The number of aromatic hydroxyl groups is 1. The summed E-state index contributed by atoms with van der Waals surface area (Å²) in [4.78, 5) is 11.3. The summed E-state index contributed by atoms with van der Waals surface area (Å²) in [6.07, 6.45) is 0. The quantitative estimate of drug-likeness (QED) is 0.599. The molecule has 0 aliphatic rings. The van der Waals surface area contributed by atoms with Gasteiger partial charge in [-0.25, -0.2) is 0 Å². The first-order chi connectivity index (χ1) is 12.0. The highest BCUT2D eigenvalue weighted by atomic mass is 32.2. The second-order valence-corrected chi connectivity index (χ2v) is 6.82. The van der Waals surface area contributed by atoms with Gasteiger partial charge in [-0.3, -0.25) is 4.79 Å². The van der Waals surface area contributed by atoms with Crippen molar-refractivity contribution in [2.75, 3.05) is 0 Å². The molecule has 0 bridgehead atoms. The van der Waals surface area contributed by atoms with Crippen LogP contribution in [-0.2, 0) is 14.9 Å². The smallest absolute Gasteiger partial charge is 0.504 e. The Morgan fingerprint density at radius 1 is 1.12 bits per heavy atom. The van der Waals surface area contributed by atoms with E-state index < -0.39 is 39.0 Å². The Kier molecular flexibility index (Phi) is 5.17. The zero-order valence-electron chi connectivity index (χ0n) is 13.2. The summed E-state index contributed by atoms with van der Waals surface area (Å²) in [6, 6.07) is 10.2. The van der Waals surface area contributed by atoms with Crippen molar-refractivity contribution < 1.29 is 40.8 Å². The minimum absolute atomic E-state index is 0.217. The van der Waals surface area contributed by atoms with Crippen LogP contribution in [0, 0.1) is 0 Å². The number of carbonyl (C=O) groups is 1. The van der Waals surface area contributed by atoms with Crippen LogP contribution in [-0.4, -0.2) is 30.1 Å². The lowest BCUT2D eigenvalue weighted by atomic mass is 9.90. The van der Waals surface area contributed by atoms with Gasteiger partial charge in [0.05, 0.1) is 5.92 Å². The van der Waals surface area contributed by atoms with Crippen molar-refractivity contribution in [3.05, 3.63) is 48.0 Å². The Hall–Kier alpha value is -2.75. The van der Waals surface area contributed by atoms with Gasteiger partial charge in [0.2, 0.25) is 0 Å². The van der Waals surface area contributed by atoms with Gasteiger partial charge in [0.15, 0.2) is 11.5 Å². The highest BCUT2D eigenvalue weighted by Gasteiger charge is 2.49. The number of hydrogen-bond acceptors (Lipinski definition) is 5. The molecular formula is C16H13F3O6S. The number of rotatable bonds is 5. The van der Waals surface area contributed by atoms with Crippen LogP contribution in [0.25, 0.3) is 11.1 Å². The summed E-state index contributed by atoms with van der Waals surface area (Å²) < 4.78 is 63.8.